The zero-order chi connectivity index (χ0) is 23.8. The van der Waals surface area contributed by atoms with E-state index in [0.717, 1.165) is 49.7 Å². The van der Waals surface area contributed by atoms with Gasteiger partial charge in [-0.2, -0.15) is 5.10 Å². The van der Waals surface area contributed by atoms with Crippen molar-refractivity contribution < 1.29 is 24.2 Å². The van der Waals surface area contributed by atoms with Gasteiger partial charge in [0.05, 0.1) is 18.9 Å². The second kappa shape index (κ2) is 11.3. The molecule has 1 aliphatic heterocycles. The van der Waals surface area contributed by atoms with Crippen LogP contribution in [0.25, 0.3) is 11.3 Å². The minimum absolute atomic E-state index is 0.234. The molecule has 0 bridgehead atoms. The van der Waals surface area contributed by atoms with E-state index in [-0.39, 0.29) is 12.5 Å². The molecule has 0 atom stereocenters. The standard InChI is InChI=1S/C24H27N5O5/c30-23(19-5-7-20(8-6-19)34-14-11-29-9-12-33-13-10-29)26-22-15-21(27-28-22)18-3-1-17(2-4-18)16-25-24(31)32/h1-8,15,25H,9-14,16H2,(H,31,32)(H2,26,27,28,30). The van der Waals surface area contributed by atoms with Crippen LogP contribution in [0.1, 0.15) is 15.9 Å². The highest BCUT2D eigenvalue weighted by molar-refractivity contribution is 6.04. The number of hydrogen-bond donors (Lipinski definition) is 4. The lowest BCUT2D eigenvalue weighted by Gasteiger charge is -2.26. The molecule has 1 aromatic heterocycles. The number of anilines is 1. The second-order valence-electron chi connectivity index (χ2n) is 7.80. The Hall–Kier alpha value is -3.89. The molecule has 4 N–H and O–H groups in total. The third-order valence-corrected chi connectivity index (χ3v) is 5.42. The summed E-state index contributed by atoms with van der Waals surface area (Å²) in [6.07, 6.45) is -1.07. The lowest BCUT2D eigenvalue weighted by Crippen LogP contribution is -2.38. The van der Waals surface area contributed by atoms with E-state index in [0.29, 0.717) is 23.7 Å². The highest BCUT2D eigenvalue weighted by atomic mass is 16.5. The van der Waals surface area contributed by atoms with Gasteiger partial charge in [-0.05, 0) is 35.4 Å². The summed E-state index contributed by atoms with van der Waals surface area (Å²) in [6, 6.07) is 16.1. The Morgan fingerprint density at radius 3 is 2.53 bits per heavy atom. The van der Waals surface area contributed by atoms with Crippen LogP contribution in [-0.2, 0) is 11.3 Å². The number of carboxylic acid groups (broad SMARTS) is 1. The third kappa shape index (κ3) is 6.56. The number of H-pyrrole nitrogens is 1. The SMILES string of the molecule is O=C(O)NCc1ccc(-c2cc(NC(=O)c3ccc(OCCN4CCOCC4)cc3)n[nH]2)cc1. The number of benzene rings is 2. The topological polar surface area (TPSA) is 129 Å². The highest BCUT2D eigenvalue weighted by Gasteiger charge is 2.12. The molecule has 10 nitrogen and oxygen atoms in total. The number of amides is 2. The van der Waals surface area contributed by atoms with Gasteiger partial charge in [0.1, 0.15) is 12.4 Å². The Morgan fingerprint density at radius 2 is 1.82 bits per heavy atom. The molecular formula is C24H27N5O5. The third-order valence-electron chi connectivity index (χ3n) is 5.42. The Kier molecular flexibility index (Phi) is 7.74. The predicted molar refractivity (Wildman–Crippen MR) is 126 cm³/mol. The molecule has 0 unspecified atom stereocenters. The Labute approximate surface area is 196 Å². The van der Waals surface area contributed by atoms with Crippen LogP contribution in [0.3, 0.4) is 0 Å². The molecular weight excluding hydrogens is 438 g/mol. The van der Waals surface area contributed by atoms with Gasteiger partial charge in [-0.1, -0.05) is 24.3 Å². The molecule has 1 aliphatic rings. The Balaban J connectivity index is 1.27. The van der Waals surface area contributed by atoms with Gasteiger partial charge in [-0.3, -0.25) is 14.8 Å². The predicted octanol–water partition coefficient (Wildman–Crippen LogP) is 2.81. The lowest BCUT2D eigenvalue weighted by molar-refractivity contribution is 0.0322. The molecule has 3 aromatic rings. The molecule has 0 radical (unpaired) electrons. The minimum atomic E-state index is -1.07. The van der Waals surface area contributed by atoms with E-state index in [2.05, 4.69) is 25.7 Å². The van der Waals surface area contributed by atoms with Gasteiger partial charge in [0.25, 0.3) is 5.91 Å². The van der Waals surface area contributed by atoms with Gasteiger partial charge in [0.2, 0.25) is 0 Å². The van der Waals surface area contributed by atoms with E-state index in [1.165, 1.54) is 0 Å². The van der Waals surface area contributed by atoms with Gasteiger partial charge in [-0.15, -0.1) is 0 Å². The van der Waals surface area contributed by atoms with E-state index in [9.17, 15) is 9.59 Å². The summed E-state index contributed by atoms with van der Waals surface area (Å²) >= 11 is 0. The molecule has 1 saturated heterocycles. The van der Waals surface area contributed by atoms with E-state index in [1.54, 1.807) is 30.3 Å². The number of ether oxygens (including phenoxy) is 2. The summed E-state index contributed by atoms with van der Waals surface area (Å²) in [7, 11) is 0. The number of morpholine rings is 1. The first-order valence-electron chi connectivity index (χ1n) is 11.0. The van der Waals surface area contributed by atoms with Gasteiger partial charge in [0, 0.05) is 37.8 Å². The average molecular weight is 466 g/mol. The summed E-state index contributed by atoms with van der Waals surface area (Å²) < 4.78 is 11.1. The Morgan fingerprint density at radius 1 is 1.09 bits per heavy atom. The van der Waals surface area contributed by atoms with Crippen LogP contribution in [0.2, 0.25) is 0 Å². The fourth-order valence-corrected chi connectivity index (χ4v) is 3.52. The quantitative estimate of drug-likeness (QED) is 0.382. The van der Waals surface area contributed by atoms with Crippen molar-refractivity contribution in [2.24, 2.45) is 0 Å². The van der Waals surface area contributed by atoms with Crippen LogP contribution in [0, 0.1) is 0 Å². The molecule has 0 saturated carbocycles. The van der Waals surface area contributed by atoms with Gasteiger partial charge in [0.15, 0.2) is 5.82 Å². The highest BCUT2D eigenvalue weighted by Crippen LogP contribution is 2.21. The van der Waals surface area contributed by atoms with Crippen LogP contribution >= 0.6 is 0 Å². The molecule has 2 aromatic carbocycles. The first-order chi connectivity index (χ1) is 16.6. The maximum absolute atomic E-state index is 12.6. The molecule has 10 heteroatoms. The molecule has 2 amide bonds. The average Bonchev–Trinajstić information content (AvgIpc) is 3.32. The van der Waals surface area contributed by atoms with Crippen molar-refractivity contribution in [1.82, 2.24) is 20.4 Å². The molecule has 178 valence electrons. The molecule has 1 fully saturated rings. The van der Waals surface area contributed by atoms with E-state index >= 15 is 0 Å². The van der Waals surface area contributed by atoms with E-state index in [4.69, 9.17) is 14.6 Å². The summed E-state index contributed by atoms with van der Waals surface area (Å²) in [4.78, 5) is 25.5. The van der Waals surface area contributed by atoms with Crippen LogP contribution in [0.4, 0.5) is 10.6 Å². The maximum Gasteiger partial charge on any atom is 0.404 e. The van der Waals surface area contributed by atoms with Crippen LogP contribution in [0.5, 0.6) is 5.75 Å². The number of aromatic nitrogens is 2. The summed E-state index contributed by atoms with van der Waals surface area (Å²) in [6.45, 7) is 5.03. The second-order valence-corrected chi connectivity index (χ2v) is 7.80. The summed E-state index contributed by atoms with van der Waals surface area (Å²) in [5, 5.41) is 20.9. The largest absolute Gasteiger partial charge is 0.492 e. The number of nitrogens with zero attached hydrogens (tertiary/aromatic N) is 2. The van der Waals surface area contributed by atoms with Gasteiger partial charge >= 0.3 is 6.09 Å². The number of carbonyl (C=O) groups excluding carboxylic acids is 1. The van der Waals surface area contributed by atoms with Crippen molar-refractivity contribution in [2.45, 2.75) is 6.54 Å². The van der Waals surface area contributed by atoms with Crippen LogP contribution in [-0.4, -0.2) is 71.7 Å². The Bertz CT molecular complexity index is 1090. The van der Waals surface area contributed by atoms with Gasteiger partial charge in [-0.25, -0.2) is 4.79 Å². The minimum Gasteiger partial charge on any atom is -0.492 e. The molecule has 4 rings (SSSR count). The zero-order valence-electron chi connectivity index (χ0n) is 18.6. The smallest absolute Gasteiger partial charge is 0.404 e. The van der Waals surface area contributed by atoms with Gasteiger partial charge < -0.3 is 25.2 Å². The number of aromatic amines is 1. The molecule has 34 heavy (non-hydrogen) atoms. The van der Waals surface area contributed by atoms with E-state index < -0.39 is 6.09 Å². The normalized spacial score (nSPS) is 13.9. The van der Waals surface area contributed by atoms with E-state index in [1.807, 2.05) is 24.3 Å². The maximum atomic E-state index is 12.6. The van der Waals surface area contributed by atoms with Crippen molar-refractivity contribution in [3.05, 3.63) is 65.7 Å². The van der Waals surface area contributed by atoms with Crippen molar-refractivity contribution >= 4 is 17.8 Å². The summed E-state index contributed by atoms with van der Waals surface area (Å²) in [5.74, 6) is 0.851. The van der Waals surface area contributed by atoms with Crippen LogP contribution < -0.4 is 15.4 Å². The first kappa shape index (κ1) is 23.3. The number of carbonyl (C=O) groups is 2. The fraction of sp³-hybridized carbons (Fsp3) is 0.292. The fourth-order valence-electron chi connectivity index (χ4n) is 3.52. The van der Waals surface area contributed by atoms with Crippen molar-refractivity contribution in [3.63, 3.8) is 0 Å². The number of rotatable bonds is 9. The monoisotopic (exact) mass is 465 g/mol. The van der Waals surface area contributed by atoms with Crippen molar-refractivity contribution in [2.75, 3.05) is 44.8 Å². The summed E-state index contributed by atoms with van der Waals surface area (Å²) in [5.41, 5.74) is 2.94. The first-order valence-corrected chi connectivity index (χ1v) is 11.0. The molecule has 0 spiro atoms. The number of hydrogen-bond acceptors (Lipinski definition) is 6. The number of nitrogens with one attached hydrogen (secondary N) is 3. The lowest BCUT2D eigenvalue weighted by atomic mass is 10.1. The van der Waals surface area contributed by atoms with Crippen molar-refractivity contribution in [3.8, 4) is 17.0 Å². The zero-order valence-corrected chi connectivity index (χ0v) is 18.6. The molecule has 2 heterocycles. The van der Waals surface area contributed by atoms with Crippen LogP contribution in [0.15, 0.2) is 54.6 Å². The molecule has 0 aliphatic carbocycles. The van der Waals surface area contributed by atoms with Crippen molar-refractivity contribution in [1.29, 1.82) is 0 Å².